The molecule has 0 spiro atoms. The molecule has 1 heterocycles. The predicted octanol–water partition coefficient (Wildman–Crippen LogP) is 5.35. The summed E-state index contributed by atoms with van der Waals surface area (Å²) in [5.41, 5.74) is 1.36. The summed E-state index contributed by atoms with van der Waals surface area (Å²) in [5, 5.41) is 3.45. The first kappa shape index (κ1) is 19.7. The van der Waals surface area contributed by atoms with E-state index in [2.05, 4.69) is 10.3 Å². The number of amides is 1. The van der Waals surface area contributed by atoms with Crippen LogP contribution in [-0.4, -0.2) is 17.0 Å². The number of rotatable bonds is 7. The lowest BCUT2D eigenvalue weighted by Gasteiger charge is -2.16. The van der Waals surface area contributed by atoms with Crippen LogP contribution in [0, 0.1) is 0 Å². The molecule has 1 amide bonds. The van der Waals surface area contributed by atoms with Gasteiger partial charge in [-0.1, -0.05) is 29.8 Å². The van der Waals surface area contributed by atoms with E-state index in [0.29, 0.717) is 34.5 Å². The molecule has 0 aliphatic heterocycles. The van der Waals surface area contributed by atoms with Gasteiger partial charge in [-0.2, -0.15) is 0 Å². The Morgan fingerprint density at radius 1 is 1.11 bits per heavy atom. The zero-order valence-electron chi connectivity index (χ0n) is 15.7. The summed E-state index contributed by atoms with van der Waals surface area (Å²) in [6, 6.07) is 17.9. The highest BCUT2D eigenvalue weighted by Gasteiger charge is 2.16. The van der Waals surface area contributed by atoms with Crippen molar-refractivity contribution in [3.63, 3.8) is 0 Å². The summed E-state index contributed by atoms with van der Waals surface area (Å²) >= 11 is 5.91. The minimum absolute atomic E-state index is 0.0674. The van der Waals surface area contributed by atoms with Crippen LogP contribution in [0.25, 0.3) is 0 Å². The molecule has 2 aromatic carbocycles. The van der Waals surface area contributed by atoms with Crippen molar-refractivity contribution in [2.24, 2.45) is 0 Å². The number of carbonyl (C=O) groups excluding carboxylic acids is 1. The highest BCUT2D eigenvalue weighted by atomic mass is 35.5. The van der Waals surface area contributed by atoms with Gasteiger partial charge >= 0.3 is 0 Å². The summed E-state index contributed by atoms with van der Waals surface area (Å²) in [6.07, 6.45) is 1.55. The molecule has 0 bridgehead atoms. The molecule has 0 saturated carbocycles. The molecular weight excluding hydrogens is 376 g/mol. The van der Waals surface area contributed by atoms with Crippen LogP contribution >= 0.6 is 11.6 Å². The highest BCUT2D eigenvalue weighted by Crippen LogP contribution is 2.27. The van der Waals surface area contributed by atoms with Crippen molar-refractivity contribution in [1.29, 1.82) is 0 Å². The molecule has 144 valence electrons. The van der Waals surface area contributed by atoms with Crippen LogP contribution in [0.3, 0.4) is 0 Å². The van der Waals surface area contributed by atoms with E-state index in [1.54, 1.807) is 42.6 Å². The fourth-order valence-corrected chi connectivity index (χ4v) is 2.63. The van der Waals surface area contributed by atoms with Crippen LogP contribution in [0.1, 0.15) is 29.8 Å². The second-order valence-corrected chi connectivity index (χ2v) is 6.85. The van der Waals surface area contributed by atoms with Gasteiger partial charge in [-0.25, -0.2) is 4.98 Å². The predicted molar refractivity (Wildman–Crippen MR) is 110 cm³/mol. The molecule has 3 rings (SSSR count). The van der Waals surface area contributed by atoms with E-state index in [9.17, 15) is 4.79 Å². The summed E-state index contributed by atoms with van der Waals surface area (Å²) in [6.45, 7) is 4.18. The lowest BCUT2D eigenvalue weighted by Crippen LogP contribution is -2.16. The minimum atomic E-state index is -0.314. The number of anilines is 1. The molecule has 0 aliphatic carbocycles. The quantitative estimate of drug-likeness (QED) is 0.584. The lowest BCUT2D eigenvalue weighted by molar-refractivity contribution is 0.102. The van der Waals surface area contributed by atoms with Crippen molar-refractivity contribution in [3.8, 4) is 11.5 Å². The maximum absolute atomic E-state index is 12.8. The third-order valence-corrected chi connectivity index (χ3v) is 4.04. The van der Waals surface area contributed by atoms with Gasteiger partial charge in [0.15, 0.2) is 0 Å². The van der Waals surface area contributed by atoms with Gasteiger partial charge in [0.2, 0.25) is 0 Å². The van der Waals surface area contributed by atoms with Crippen LogP contribution in [0.5, 0.6) is 11.5 Å². The van der Waals surface area contributed by atoms with E-state index in [-0.39, 0.29) is 12.0 Å². The van der Waals surface area contributed by atoms with Gasteiger partial charge in [-0.3, -0.25) is 4.79 Å². The molecule has 3 aromatic rings. The number of nitrogens with zero attached hydrogens (tertiary/aromatic N) is 1. The van der Waals surface area contributed by atoms with Crippen molar-refractivity contribution in [2.45, 2.75) is 26.6 Å². The third kappa shape index (κ3) is 5.47. The topological polar surface area (TPSA) is 60.5 Å². The second-order valence-electron chi connectivity index (χ2n) is 6.41. The van der Waals surface area contributed by atoms with Crippen LogP contribution in [0.15, 0.2) is 66.9 Å². The van der Waals surface area contributed by atoms with Crippen LogP contribution in [0.4, 0.5) is 5.82 Å². The summed E-state index contributed by atoms with van der Waals surface area (Å²) in [4.78, 5) is 16.9. The number of nitrogens with one attached hydrogen (secondary N) is 1. The molecule has 6 heteroatoms. The maximum atomic E-state index is 12.8. The van der Waals surface area contributed by atoms with Crippen molar-refractivity contribution in [3.05, 3.63) is 83.0 Å². The maximum Gasteiger partial charge on any atom is 0.260 e. The first-order chi connectivity index (χ1) is 13.5. The lowest BCUT2D eigenvalue weighted by atomic mass is 10.1. The van der Waals surface area contributed by atoms with E-state index < -0.39 is 0 Å². The first-order valence-electron chi connectivity index (χ1n) is 8.91. The Labute approximate surface area is 169 Å². The fourth-order valence-electron chi connectivity index (χ4n) is 2.50. The number of carbonyl (C=O) groups is 1. The Balaban J connectivity index is 1.79. The van der Waals surface area contributed by atoms with Gasteiger partial charge in [-0.15, -0.1) is 0 Å². The number of pyridine rings is 1. The number of benzene rings is 2. The van der Waals surface area contributed by atoms with Gasteiger partial charge in [0.25, 0.3) is 5.91 Å². The Morgan fingerprint density at radius 2 is 1.89 bits per heavy atom. The molecule has 0 aliphatic rings. The molecule has 1 aromatic heterocycles. The van der Waals surface area contributed by atoms with Crippen molar-refractivity contribution < 1.29 is 14.3 Å². The minimum Gasteiger partial charge on any atom is -0.490 e. The molecule has 0 fully saturated rings. The van der Waals surface area contributed by atoms with Gasteiger partial charge in [0, 0.05) is 11.2 Å². The van der Waals surface area contributed by atoms with Crippen molar-refractivity contribution in [1.82, 2.24) is 4.98 Å². The SMILES string of the molecule is CC(C)Oc1ccc(OCc2ccc(Cl)cc2)cc1C(=O)Nc1ccccn1. The van der Waals surface area contributed by atoms with Crippen molar-refractivity contribution in [2.75, 3.05) is 5.32 Å². The largest absolute Gasteiger partial charge is 0.490 e. The molecule has 0 atom stereocenters. The van der Waals surface area contributed by atoms with E-state index in [0.717, 1.165) is 5.56 Å². The van der Waals surface area contributed by atoms with E-state index in [4.69, 9.17) is 21.1 Å². The van der Waals surface area contributed by atoms with Gasteiger partial charge in [0.1, 0.15) is 23.9 Å². The zero-order chi connectivity index (χ0) is 19.9. The van der Waals surface area contributed by atoms with Crippen LogP contribution in [-0.2, 0) is 6.61 Å². The van der Waals surface area contributed by atoms with Gasteiger partial charge in [0.05, 0.1) is 11.7 Å². The van der Waals surface area contributed by atoms with Gasteiger partial charge < -0.3 is 14.8 Å². The molecule has 28 heavy (non-hydrogen) atoms. The molecule has 5 nitrogen and oxygen atoms in total. The van der Waals surface area contributed by atoms with Crippen LogP contribution in [0.2, 0.25) is 5.02 Å². The zero-order valence-corrected chi connectivity index (χ0v) is 16.4. The standard InChI is InChI=1S/C22H21ClN2O3/c1-15(2)28-20-11-10-18(27-14-16-6-8-17(23)9-7-16)13-19(20)22(26)25-21-5-3-4-12-24-21/h3-13,15H,14H2,1-2H3,(H,24,25,26). The second kappa shape index (κ2) is 9.24. The molecule has 0 radical (unpaired) electrons. The average Bonchev–Trinajstić information content (AvgIpc) is 2.68. The number of halogens is 1. The first-order valence-corrected chi connectivity index (χ1v) is 9.29. The molecular formula is C22H21ClN2O3. The molecule has 1 N–H and O–H groups in total. The Kier molecular flexibility index (Phi) is 6.50. The van der Waals surface area contributed by atoms with E-state index in [1.807, 2.05) is 38.1 Å². The fraction of sp³-hybridized carbons (Fsp3) is 0.182. The monoisotopic (exact) mass is 396 g/mol. The van der Waals surface area contributed by atoms with Crippen LogP contribution < -0.4 is 14.8 Å². The average molecular weight is 397 g/mol. The van der Waals surface area contributed by atoms with Crippen molar-refractivity contribution >= 4 is 23.3 Å². The smallest absolute Gasteiger partial charge is 0.260 e. The number of hydrogen-bond acceptors (Lipinski definition) is 4. The van der Waals surface area contributed by atoms with Gasteiger partial charge in [-0.05, 0) is 61.9 Å². The summed E-state index contributed by atoms with van der Waals surface area (Å²) in [7, 11) is 0. The van der Waals surface area contributed by atoms with E-state index >= 15 is 0 Å². The molecule has 0 saturated heterocycles. The summed E-state index contributed by atoms with van der Waals surface area (Å²) < 4.78 is 11.6. The Bertz CT molecular complexity index is 928. The number of hydrogen-bond donors (Lipinski definition) is 1. The normalized spacial score (nSPS) is 10.6. The van der Waals surface area contributed by atoms with E-state index in [1.165, 1.54) is 0 Å². The number of aromatic nitrogens is 1. The Morgan fingerprint density at radius 3 is 2.57 bits per heavy atom. The Hall–Kier alpha value is -3.05. The number of ether oxygens (including phenoxy) is 2. The highest BCUT2D eigenvalue weighted by molar-refractivity contribution is 6.30. The molecule has 0 unspecified atom stereocenters. The third-order valence-electron chi connectivity index (χ3n) is 3.78. The summed E-state index contributed by atoms with van der Waals surface area (Å²) in [5.74, 6) is 1.21.